The topological polar surface area (TPSA) is 67.2 Å². The van der Waals surface area contributed by atoms with Gasteiger partial charge in [0, 0.05) is 18.8 Å². The largest absolute Gasteiger partial charge is 0.481 e. The molecular formula is C16H18F3N3O2. The van der Waals surface area contributed by atoms with Crippen LogP contribution in [-0.4, -0.2) is 27.4 Å². The molecule has 0 spiro atoms. The molecule has 24 heavy (non-hydrogen) atoms. The van der Waals surface area contributed by atoms with Crippen molar-refractivity contribution in [1.29, 1.82) is 0 Å². The van der Waals surface area contributed by atoms with Gasteiger partial charge in [-0.2, -0.15) is 18.3 Å². The van der Waals surface area contributed by atoms with Crippen LogP contribution >= 0.6 is 0 Å². The third-order valence-corrected chi connectivity index (χ3v) is 3.48. The van der Waals surface area contributed by atoms with E-state index in [9.17, 15) is 18.0 Å². The number of hydrogen-bond donors (Lipinski definition) is 2. The Morgan fingerprint density at radius 1 is 1.29 bits per heavy atom. The highest BCUT2D eigenvalue weighted by molar-refractivity contribution is 5.66. The molecule has 0 saturated carbocycles. The third-order valence-electron chi connectivity index (χ3n) is 3.48. The summed E-state index contributed by atoms with van der Waals surface area (Å²) in [4.78, 5) is 10.4. The molecule has 130 valence electrons. The van der Waals surface area contributed by atoms with Gasteiger partial charge in [-0.1, -0.05) is 6.07 Å². The number of hydrogen-bond acceptors (Lipinski definition) is 3. The Bertz CT molecular complexity index is 739. The lowest BCUT2D eigenvalue weighted by Gasteiger charge is -2.15. The summed E-state index contributed by atoms with van der Waals surface area (Å²) in [6.07, 6.45) is -4.65. The van der Waals surface area contributed by atoms with Gasteiger partial charge in [-0.05, 0) is 37.6 Å². The Morgan fingerprint density at radius 3 is 2.54 bits per heavy atom. The molecule has 2 rings (SSSR count). The highest BCUT2D eigenvalue weighted by Gasteiger charge is 2.33. The number of benzene rings is 1. The molecule has 8 heteroatoms. The van der Waals surface area contributed by atoms with Crippen LogP contribution in [0.3, 0.4) is 0 Å². The lowest BCUT2D eigenvalue weighted by atomic mass is 10.1. The second-order valence-electron chi connectivity index (χ2n) is 5.50. The van der Waals surface area contributed by atoms with Gasteiger partial charge >= 0.3 is 12.1 Å². The van der Waals surface area contributed by atoms with Gasteiger partial charge < -0.3 is 10.4 Å². The highest BCUT2D eigenvalue weighted by atomic mass is 19.4. The van der Waals surface area contributed by atoms with Gasteiger partial charge in [0.2, 0.25) is 0 Å². The molecule has 1 aromatic carbocycles. The first-order chi connectivity index (χ1) is 11.2. The summed E-state index contributed by atoms with van der Waals surface area (Å²) in [7, 11) is 0. The van der Waals surface area contributed by atoms with Crippen LogP contribution < -0.4 is 5.32 Å². The van der Waals surface area contributed by atoms with Crippen molar-refractivity contribution in [2.24, 2.45) is 0 Å². The number of carbonyl (C=O) groups is 1. The molecule has 2 N–H and O–H groups in total. The Labute approximate surface area is 137 Å². The first-order valence-electron chi connectivity index (χ1n) is 7.35. The van der Waals surface area contributed by atoms with E-state index in [-0.39, 0.29) is 25.1 Å². The number of aliphatic carboxylic acids is 1. The van der Waals surface area contributed by atoms with Crippen molar-refractivity contribution in [2.75, 3.05) is 6.54 Å². The lowest BCUT2D eigenvalue weighted by Crippen LogP contribution is -2.20. The average Bonchev–Trinajstić information content (AvgIpc) is 2.81. The van der Waals surface area contributed by atoms with Gasteiger partial charge in [0.1, 0.15) is 0 Å². The smallest absolute Gasteiger partial charge is 0.416 e. The maximum atomic E-state index is 13.3. The average molecular weight is 341 g/mol. The van der Waals surface area contributed by atoms with Crippen LogP contribution in [0.2, 0.25) is 0 Å². The molecule has 0 aliphatic heterocycles. The second kappa shape index (κ2) is 7.04. The van der Waals surface area contributed by atoms with E-state index in [4.69, 9.17) is 5.11 Å². The number of halogens is 3. The molecular weight excluding hydrogens is 323 g/mol. The summed E-state index contributed by atoms with van der Waals surface area (Å²) in [6, 6.07) is 5.81. The number of rotatable bonds is 6. The van der Waals surface area contributed by atoms with E-state index in [0.717, 1.165) is 17.5 Å². The minimum absolute atomic E-state index is 0.0560. The maximum Gasteiger partial charge on any atom is 0.416 e. The van der Waals surface area contributed by atoms with Crippen molar-refractivity contribution < 1.29 is 23.1 Å². The minimum atomic E-state index is -4.50. The van der Waals surface area contributed by atoms with Crippen LogP contribution in [0.25, 0.3) is 5.69 Å². The molecule has 0 saturated heterocycles. The Morgan fingerprint density at radius 2 is 2.00 bits per heavy atom. The first kappa shape index (κ1) is 18.0. The van der Waals surface area contributed by atoms with Gasteiger partial charge in [-0.3, -0.25) is 4.79 Å². The summed E-state index contributed by atoms with van der Waals surface area (Å²) < 4.78 is 41.5. The highest BCUT2D eigenvalue weighted by Crippen LogP contribution is 2.33. The van der Waals surface area contributed by atoms with E-state index < -0.39 is 17.7 Å². The predicted octanol–water partition coefficient (Wildman–Crippen LogP) is 3.07. The summed E-state index contributed by atoms with van der Waals surface area (Å²) in [5.41, 5.74) is 1.11. The summed E-state index contributed by atoms with van der Waals surface area (Å²) in [6.45, 7) is 3.59. The van der Waals surface area contributed by atoms with E-state index in [2.05, 4.69) is 10.4 Å². The summed E-state index contributed by atoms with van der Waals surface area (Å²) >= 11 is 0. The zero-order chi connectivity index (χ0) is 17.9. The van der Waals surface area contributed by atoms with Crippen LogP contribution in [0.1, 0.15) is 28.9 Å². The standard InChI is InChI=1S/C16H18F3N3O2/c1-10-7-11(2)22(21-10)13-4-3-12(9-20-6-5-15(23)24)14(8-13)16(17,18)19/h3-4,7-8,20H,5-6,9H2,1-2H3,(H,23,24). The quantitative estimate of drug-likeness (QED) is 0.793. The van der Waals surface area contributed by atoms with Crippen molar-refractivity contribution in [3.8, 4) is 5.69 Å². The fourth-order valence-electron chi connectivity index (χ4n) is 2.42. The predicted molar refractivity (Wildman–Crippen MR) is 82.0 cm³/mol. The fourth-order valence-corrected chi connectivity index (χ4v) is 2.42. The van der Waals surface area contributed by atoms with Gasteiger partial charge in [0.05, 0.1) is 23.4 Å². The number of carboxylic acids is 1. The monoisotopic (exact) mass is 341 g/mol. The molecule has 2 aromatic rings. The van der Waals surface area contributed by atoms with E-state index in [1.807, 2.05) is 0 Å². The molecule has 0 amide bonds. The second-order valence-corrected chi connectivity index (χ2v) is 5.50. The fraction of sp³-hybridized carbons (Fsp3) is 0.375. The number of nitrogens with one attached hydrogen (secondary N) is 1. The summed E-state index contributed by atoms with van der Waals surface area (Å²) in [5, 5.41) is 15.5. The molecule has 1 heterocycles. The van der Waals surface area contributed by atoms with Crippen molar-refractivity contribution in [3.05, 3.63) is 46.8 Å². The molecule has 0 fully saturated rings. The zero-order valence-electron chi connectivity index (χ0n) is 13.3. The van der Waals surface area contributed by atoms with Crippen molar-refractivity contribution in [1.82, 2.24) is 15.1 Å². The number of alkyl halides is 3. The third kappa shape index (κ3) is 4.35. The SMILES string of the molecule is Cc1cc(C)n(-c2ccc(CNCCC(=O)O)c(C(F)(F)F)c2)n1. The number of aromatic nitrogens is 2. The molecule has 0 atom stereocenters. The van der Waals surface area contributed by atoms with E-state index in [1.54, 1.807) is 26.0 Å². The molecule has 0 aliphatic carbocycles. The van der Waals surface area contributed by atoms with Crippen molar-refractivity contribution in [3.63, 3.8) is 0 Å². The van der Waals surface area contributed by atoms with Crippen LogP contribution in [-0.2, 0) is 17.5 Å². The van der Waals surface area contributed by atoms with Gasteiger partial charge in [-0.25, -0.2) is 4.68 Å². The molecule has 0 aliphatic rings. The number of carboxylic acid groups (broad SMARTS) is 1. The number of aryl methyl sites for hydroxylation is 2. The van der Waals surface area contributed by atoms with Crippen molar-refractivity contribution in [2.45, 2.75) is 33.0 Å². The summed E-state index contributed by atoms with van der Waals surface area (Å²) in [5.74, 6) is -1.00. The zero-order valence-corrected chi connectivity index (χ0v) is 13.3. The lowest BCUT2D eigenvalue weighted by molar-refractivity contribution is -0.139. The van der Waals surface area contributed by atoms with Gasteiger partial charge in [-0.15, -0.1) is 0 Å². The Kier molecular flexibility index (Phi) is 5.28. The maximum absolute atomic E-state index is 13.3. The normalized spacial score (nSPS) is 11.7. The van der Waals surface area contributed by atoms with Crippen LogP contribution in [0.4, 0.5) is 13.2 Å². The van der Waals surface area contributed by atoms with Crippen LogP contribution in [0.15, 0.2) is 24.3 Å². The van der Waals surface area contributed by atoms with Crippen LogP contribution in [0, 0.1) is 13.8 Å². The van der Waals surface area contributed by atoms with Gasteiger partial charge in [0.25, 0.3) is 0 Å². The van der Waals surface area contributed by atoms with Crippen molar-refractivity contribution >= 4 is 5.97 Å². The Balaban J connectivity index is 2.29. The van der Waals surface area contributed by atoms with Crippen LogP contribution in [0.5, 0.6) is 0 Å². The molecule has 0 radical (unpaired) electrons. The number of nitrogens with zero attached hydrogens (tertiary/aromatic N) is 2. The molecule has 1 aromatic heterocycles. The van der Waals surface area contributed by atoms with E-state index >= 15 is 0 Å². The first-order valence-corrected chi connectivity index (χ1v) is 7.35. The molecule has 5 nitrogen and oxygen atoms in total. The molecule has 0 unspecified atom stereocenters. The minimum Gasteiger partial charge on any atom is -0.481 e. The molecule has 0 bridgehead atoms. The van der Waals surface area contributed by atoms with Gasteiger partial charge in [0.15, 0.2) is 0 Å². The van der Waals surface area contributed by atoms with E-state index in [0.29, 0.717) is 5.69 Å². The Hall–Kier alpha value is -2.35. The van der Waals surface area contributed by atoms with E-state index in [1.165, 1.54) is 10.7 Å².